The molecule has 0 radical (unpaired) electrons. The summed E-state index contributed by atoms with van der Waals surface area (Å²) in [6.07, 6.45) is 3.79. The first-order valence-electron chi connectivity index (χ1n) is 5.30. The minimum atomic E-state index is -0.449. The molecule has 4 nitrogen and oxygen atoms in total. The number of hydrogen-bond acceptors (Lipinski definition) is 5. The maximum absolute atomic E-state index is 9.41. The lowest BCUT2D eigenvalue weighted by Gasteiger charge is -2.00. The molecule has 2 heterocycles. The van der Waals surface area contributed by atoms with Crippen molar-refractivity contribution < 1.29 is 9.84 Å². The predicted octanol–water partition coefficient (Wildman–Crippen LogP) is 2.19. The summed E-state index contributed by atoms with van der Waals surface area (Å²) < 4.78 is 5.00. The zero-order valence-electron chi connectivity index (χ0n) is 9.75. The second kappa shape index (κ2) is 5.25. The Morgan fingerprint density at radius 1 is 1.35 bits per heavy atom. The molecule has 0 saturated heterocycles. The Hall–Kier alpha value is -1.46. The van der Waals surface area contributed by atoms with Crippen LogP contribution in [0.1, 0.15) is 28.5 Å². The Morgan fingerprint density at radius 3 is 2.71 bits per heavy atom. The Kier molecular flexibility index (Phi) is 3.71. The van der Waals surface area contributed by atoms with Crippen molar-refractivity contribution in [2.45, 2.75) is 19.4 Å². The van der Waals surface area contributed by atoms with Crippen LogP contribution in [0.5, 0.6) is 5.88 Å². The third kappa shape index (κ3) is 3.01. The van der Waals surface area contributed by atoms with Gasteiger partial charge in [0.25, 0.3) is 0 Å². The number of aliphatic hydroxyl groups excluding tert-OH is 1. The van der Waals surface area contributed by atoms with Crippen molar-refractivity contribution in [2.75, 3.05) is 7.11 Å². The van der Waals surface area contributed by atoms with Crippen molar-refractivity contribution in [3.05, 3.63) is 40.0 Å². The molecule has 0 spiro atoms. The molecule has 0 fully saturated rings. The average molecular weight is 250 g/mol. The van der Waals surface area contributed by atoms with Crippen molar-refractivity contribution in [1.82, 2.24) is 9.97 Å². The van der Waals surface area contributed by atoms with Crippen LogP contribution in [0, 0.1) is 0 Å². The highest BCUT2D eigenvalue weighted by Crippen LogP contribution is 2.22. The van der Waals surface area contributed by atoms with Crippen molar-refractivity contribution >= 4 is 11.3 Å². The molecule has 2 rings (SSSR count). The third-order valence-corrected chi connectivity index (χ3v) is 3.51. The van der Waals surface area contributed by atoms with Gasteiger partial charge in [0.1, 0.15) is 0 Å². The van der Waals surface area contributed by atoms with Crippen LogP contribution in [0.3, 0.4) is 0 Å². The van der Waals surface area contributed by atoms with E-state index in [0.717, 1.165) is 21.9 Å². The highest BCUT2D eigenvalue weighted by Gasteiger charge is 2.07. The van der Waals surface area contributed by atoms with Gasteiger partial charge in [-0.15, -0.1) is 11.3 Å². The summed E-state index contributed by atoms with van der Waals surface area (Å²) >= 11 is 1.53. The number of methoxy groups -OCH3 is 1. The van der Waals surface area contributed by atoms with Crippen molar-refractivity contribution in [3.8, 4) is 5.88 Å². The molecule has 0 aliphatic heterocycles. The molecule has 2 aromatic rings. The van der Waals surface area contributed by atoms with Gasteiger partial charge in [0.15, 0.2) is 0 Å². The number of pyridine rings is 1. The van der Waals surface area contributed by atoms with E-state index in [2.05, 4.69) is 9.97 Å². The lowest BCUT2D eigenvalue weighted by Crippen LogP contribution is -1.91. The fraction of sp³-hybridized carbons (Fsp3) is 0.333. The van der Waals surface area contributed by atoms with E-state index in [1.54, 1.807) is 26.4 Å². The quantitative estimate of drug-likeness (QED) is 0.903. The molecule has 17 heavy (non-hydrogen) atoms. The van der Waals surface area contributed by atoms with Crippen molar-refractivity contribution in [2.24, 2.45) is 0 Å². The molecule has 90 valence electrons. The van der Waals surface area contributed by atoms with E-state index in [9.17, 15) is 5.11 Å². The summed E-state index contributed by atoms with van der Waals surface area (Å²) in [5.74, 6) is 0.609. The van der Waals surface area contributed by atoms with Crippen LogP contribution < -0.4 is 4.74 Å². The highest BCUT2D eigenvalue weighted by molar-refractivity contribution is 7.11. The Bertz CT molecular complexity index is 480. The summed E-state index contributed by atoms with van der Waals surface area (Å²) in [7, 11) is 1.59. The van der Waals surface area contributed by atoms with Gasteiger partial charge in [0.05, 0.1) is 23.1 Å². The zero-order valence-corrected chi connectivity index (χ0v) is 10.6. The maximum Gasteiger partial charge on any atom is 0.212 e. The number of hydrogen-bond donors (Lipinski definition) is 1. The number of nitrogens with zero attached hydrogens (tertiary/aromatic N) is 2. The number of thiazole rings is 1. The Morgan fingerprint density at radius 2 is 2.18 bits per heavy atom. The van der Waals surface area contributed by atoms with Gasteiger partial charge in [-0.05, 0) is 12.5 Å². The van der Waals surface area contributed by atoms with E-state index in [1.807, 2.05) is 12.1 Å². The molecule has 1 unspecified atom stereocenters. The molecular weight excluding hydrogens is 236 g/mol. The third-order valence-electron chi connectivity index (χ3n) is 2.35. The first kappa shape index (κ1) is 12.0. The van der Waals surface area contributed by atoms with Gasteiger partial charge < -0.3 is 9.84 Å². The fourth-order valence-corrected chi connectivity index (χ4v) is 2.30. The van der Waals surface area contributed by atoms with Gasteiger partial charge in [-0.3, -0.25) is 0 Å². The van der Waals surface area contributed by atoms with E-state index in [0.29, 0.717) is 5.88 Å². The summed E-state index contributed by atoms with van der Waals surface area (Å²) in [5, 5.41) is 10.4. The van der Waals surface area contributed by atoms with Gasteiger partial charge >= 0.3 is 0 Å². The first-order chi connectivity index (χ1) is 8.19. The molecule has 0 bridgehead atoms. The maximum atomic E-state index is 9.41. The molecule has 0 aliphatic rings. The smallest absolute Gasteiger partial charge is 0.212 e. The second-order valence-electron chi connectivity index (χ2n) is 3.72. The number of aromatic nitrogens is 2. The molecule has 1 atom stereocenters. The molecule has 0 aliphatic carbocycles. The van der Waals surface area contributed by atoms with Crippen molar-refractivity contribution in [3.63, 3.8) is 0 Å². The Labute approximate surface area is 104 Å². The van der Waals surface area contributed by atoms with E-state index in [4.69, 9.17) is 4.74 Å². The summed E-state index contributed by atoms with van der Waals surface area (Å²) in [6.45, 7) is 1.74. The van der Waals surface area contributed by atoms with Crippen LogP contribution in [0.4, 0.5) is 0 Å². The second-order valence-corrected chi connectivity index (χ2v) is 4.86. The molecule has 0 amide bonds. The predicted molar refractivity (Wildman–Crippen MR) is 66.3 cm³/mol. The van der Waals surface area contributed by atoms with Gasteiger partial charge in [-0.1, -0.05) is 6.07 Å². The minimum Gasteiger partial charge on any atom is -0.481 e. The molecular formula is C12H14N2O2S. The van der Waals surface area contributed by atoms with Crippen LogP contribution in [0.25, 0.3) is 0 Å². The van der Waals surface area contributed by atoms with Gasteiger partial charge in [-0.25, -0.2) is 9.97 Å². The van der Waals surface area contributed by atoms with Crippen LogP contribution in [-0.2, 0) is 6.42 Å². The standard InChI is InChI=1S/C12H14N2O2S/c1-8(15)10-7-14-12(17-10)5-9-3-4-11(16-2)13-6-9/h3-4,6-8,15H,5H2,1-2H3. The number of rotatable bonds is 4. The fourth-order valence-electron chi connectivity index (χ4n) is 1.41. The van der Waals surface area contributed by atoms with Gasteiger partial charge in [-0.2, -0.15) is 0 Å². The summed E-state index contributed by atoms with van der Waals surface area (Å²) in [6, 6.07) is 3.80. The van der Waals surface area contributed by atoms with E-state index >= 15 is 0 Å². The van der Waals surface area contributed by atoms with E-state index in [1.165, 1.54) is 11.3 Å². The van der Waals surface area contributed by atoms with E-state index in [-0.39, 0.29) is 0 Å². The topological polar surface area (TPSA) is 55.2 Å². The summed E-state index contributed by atoms with van der Waals surface area (Å²) in [5.41, 5.74) is 1.08. The minimum absolute atomic E-state index is 0.449. The lowest BCUT2D eigenvalue weighted by molar-refractivity contribution is 0.203. The van der Waals surface area contributed by atoms with Gasteiger partial charge in [0.2, 0.25) is 5.88 Å². The SMILES string of the molecule is COc1ccc(Cc2ncc(C(C)O)s2)cn1. The first-order valence-corrected chi connectivity index (χ1v) is 6.12. The molecule has 2 aromatic heterocycles. The summed E-state index contributed by atoms with van der Waals surface area (Å²) in [4.78, 5) is 9.31. The number of ether oxygens (including phenoxy) is 1. The Balaban J connectivity index is 2.08. The molecule has 0 saturated carbocycles. The highest BCUT2D eigenvalue weighted by atomic mass is 32.1. The normalized spacial score (nSPS) is 12.4. The molecule has 0 aromatic carbocycles. The van der Waals surface area contributed by atoms with Crippen LogP contribution in [0.15, 0.2) is 24.5 Å². The van der Waals surface area contributed by atoms with Gasteiger partial charge in [0, 0.05) is 24.9 Å². The van der Waals surface area contributed by atoms with Crippen LogP contribution in [0.2, 0.25) is 0 Å². The number of aliphatic hydroxyl groups is 1. The van der Waals surface area contributed by atoms with E-state index < -0.39 is 6.10 Å². The molecule has 1 N–H and O–H groups in total. The molecule has 5 heteroatoms. The average Bonchev–Trinajstić information content (AvgIpc) is 2.79. The van der Waals surface area contributed by atoms with Crippen molar-refractivity contribution in [1.29, 1.82) is 0 Å². The van der Waals surface area contributed by atoms with Crippen LogP contribution in [-0.4, -0.2) is 22.2 Å². The lowest BCUT2D eigenvalue weighted by atomic mass is 10.2. The monoisotopic (exact) mass is 250 g/mol. The largest absolute Gasteiger partial charge is 0.481 e. The zero-order chi connectivity index (χ0) is 12.3. The van der Waals surface area contributed by atoms with Crippen LogP contribution >= 0.6 is 11.3 Å².